The minimum Gasteiger partial charge on any atom is -0.444 e. The highest BCUT2D eigenvalue weighted by molar-refractivity contribution is 5.81. The molecule has 0 heterocycles. The van der Waals surface area contributed by atoms with E-state index in [0.717, 1.165) is 135 Å². The van der Waals surface area contributed by atoms with Gasteiger partial charge in [-0.2, -0.15) is 0 Å². The first kappa shape index (κ1) is 106. The topological polar surface area (TPSA) is 383 Å². The number of carbonyl (C=O) groups excluding carboxylic acids is 9. The lowest BCUT2D eigenvalue weighted by molar-refractivity contribution is -0.148. The summed E-state index contributed by atoms with van der Waals surface area (Å²) in [5.41, 5.74) is -4.48. The average molecular weight is 1600 g/mol. The molecule has 0 fully saturated rings. The molecule has 0 unspecified atom stereocenters. The molecule has 0 radical (unpaired) electrons. The number of unbranched alkanes of at least 4 members (excludes halogenated alkanes) is 21. The Morgan fingerprint density at radius 3 is 0.866 bits per heavy atom. The first-order chi connectivity index (χ1) is 52.2. The zero-order chi connectivity index (χ0) is 85.0. The SMILES string of the molecule is CC(C)(C)OC(=O)NCCCN(CCCCN(CC(CCCCCCNC(=O)CCCCCCCCCCCNC(=O)CCCCCCCCCCCNC(=O)[C@H](O)[C@@H](O)[C@H](O)[C@H](O)CO)CN(CCCCN(CCCNC(=O)OC(C)(C)C)C(=O)OC(C)(C)C)C(=O)OC(C)(C)C)C(=O)OC(C)(C)C)C(=O)OC(C)(C)C. The molecule has 4 atom stereocenters. The third kappa shape index (κ3) is 61.3. The van der Waals surface area contributed by atoms with E-state index in [-0.39, 0.29) is 57.0 Å². The van der Waals surface area contributed by atoms with Gasteiger partial charge in [-0.15, -0.1) is 0 Å². The van der Waals surface area contributed by atoms with Crippen LogP contribution in [0.25, 0.3) is 0 Å². The van der Waals surface area contributed by atoms with Gasteiger partial charge in [0.05, 0.1) is 6.61 Å². The van der Waals surface area contributed by atoms with Crippen LogP contribution in [0.15, 0.2) is 0 Å². The van der Waals surface area contributed by atoms with Crippen LogP contribution in [-0.2, 0) is 42.8 Å². The third-order valence-electron chi connectivity index (χ3n) is 17.5. The van der Waals surface area contributed by atoms with Gasteiger partial charge in [0.15, 0.2) is 6.10 Å². The minimum atomic E-state index is -1.92. The highest BCUT2D eigenvalue weighted by Gasteiger charge is 2.35. The Kier molecular flexibility index (Phi) is 54.6. The van der Waals surface area contributed by atoms with Crippen molar-refractivity contribution in [2.45, 2.75) is 382 Å². The maximum absolute atomic E-state index is 14.3. The standard InChI is InChI=1S/C83H159N9O20/c1-78(2,3)107-72(101)87-53-45-59-89(74(103)109-80(7,8)9)55-41-43-57-91(76(105)111-82(13,14)15)61-64(62-92(77(106)112-83(16,17)18)58-44-42-56-90(75(104)110-81(10,11)12)60-46-54-88-73(102)108-79(4,5)6)47-35-31-34-39-51-85-67(96)49-37-29-25-21-19-23-27-32-38-50-84-66(95)48-36-30-26-22-20-24-28-33-40-52-86-71(100)70(99)69(98)68(97)65(94)63-93/h64-65,68-70,93-94,97-99H,19-63H2,1-18H3,(H,84,95)(H,85,96)(H,86,100)(H,87,101)(H,88,102)/t65-,68-,69+,70-/m1/s1. The largest absolute Gasteiger partial charge is 0.444 e. The van der Waals surface area contributed by atoms with Crippen molar-refractivity contribution >= 4 is 54.3 Å². The van der Waals surface area contributed by atoms with E-state index in [1.54, 1.807) is 103 Å². The zero-order valence-electron chi connectivity index (χ0n) is 72.9. The molecule has 10 N–H and O–H groups in total. The van der Waals surface area contributed by atoms with Gasteiger partial charge in [-0.25, -0.2) is 28.8 Å². The van der Waals surface area contributed by atoms with Gasteiger partial charge < -0.3 is 100 Å². The highest BCUT2D eigenvalue weighted by Crippen LogP contribution is 2.23. The quantitative estimate of drug-likeness (QED) is 0.0200. The number of ether oxygens (including phenoxy) is 6. The fraction of sp³-hybridized carbons (Fsp3) is 0.892. The molecule has 0 bridgehead atoms. The van der Waals surface area contributed by atoms with E-state index in [4.69, 9.17) is 33.5 Å². The summed E-state index contributed by atoms with van der Waals surface area (Å²) in [4.78, 5) is 125. The molecule has 0 aromatic heterocycles. The molecule has 0 aliphatic carbocycles. The molecular weight excluding hydrogens is 1440 g/mol. The molecule has 112 heavy (non-hydrogen) atoms. The first-order valence-corrected chi connectivity index (χ1v) is 42.2. The molecule has 0 rings (SSSR count). The molecular formula is C83H159N9O20. The summed E-state index contributed by atoms with van der Waals surface area (Å²) < 4.78 is 34.4. The number of aliphatic hydroxyl groups is 5. The van der Waals surface area contributed by atoms with Crippen molar-refractivity contribution in [3.05, 3.63) is 0 Å². The van der Waals surface area contributed by atoms with Crippen LogP contribution in [0.2, 0.25) is 0 Å². The maximum atomic E-state index is 14.3. The molecule has 0 aliphatic heterocycles. The number of carbonyl (C=O) groups is 9. The number of nitrogens with zero attached hydrogens (tertiary/aromatic N) is 4. The maximum Gasteiger partial charge on any atom is 0.410 e. The predicted molar refractivity (Wildman–Crippen MR) is 436 cm³/mol. The molecule has 9 amide bonds. The van der Waals surface area contributed by atoms with Gasteiger partial charge in [0.2, 0.25) is 11.8 Å². The Hall–Kier alpha value is -6.17. The van der Waals surface area contributed by atoms with E-state index >= 15 is 0 Å². The summed E-state index contributed by atoms with van der Waals surface area (Å²) in [6.07, 6.45) is 15.6. The zero-order valence-corrected chi connectivity index (χ0v) is 72.9. The van der Waals surface area contributed by atoms with Crippen molar-refractivity contribution in [3.8, 4) is 0 Å². The number of rotatable bonds is 58. The molecule has 29 heteroatoms. The van der Waals surface area contributed by atoms with E-state index in [0.29, 0.717) is 110 Å². The van der Waals surface area contributed by atoms with Gasteiger partial charge in [-0.1, -0.05) is 109 Å². The van der Waals surface area contributed by atoms with Crippen LogP contribution in [0.5, 0.6) is 0 Å². The fourth-order valence-electron chi connectivity index (χ4n) is 11.9. The van der Waals surface area contributed by atoms with Crippen LogP contribution < -0.4 is 26.6 Å². The lowest BCUT2D eigenvalue weighted by Gasteiger charge is -2.34. The van der Waals surface area contributed by atoms with Gasteiger partial charge in [0, 0.05) is 97.9 Å². The van der Waals surface area contributed by atoms with Crippen LogP contribution in [-0.4, -0.2) is 249 Å². The van der Waals surface area contributed by atoms with Gasteiger partial charge in [0.25, 0.3) is 5.91 Å². The molecule has 0 saturated carbocycles. The number of amides is 9. The number of aliphatic hydroxyl groups excluding tert-OH is 5. The Balaban J connectivity index is 5.60. The molecule has 29 nitrogen and oxygen atoms in total. The van der Waals surface area contributed by atoms with Crippen molar-refractivity contribution < 1.29 is 97.1 Å². The van der Waals surface area contributed by atoms with E-state index in [1.165, 1.54) is 0 Å². The van der Waals surface area contributed by atoms with E-state index in [1.807, 2.05) is 41.5 Å². The first-order valence-electron chi connectivity index (χ1n) is 42.2. The summed E-state index contributed by atoms with van der Waals surface area (Å²) in [5, 5.41) is 62.0. The highest BCUT2D eigenvalue weighted by atomic mass is 16.6. The number of hydrogen-bond acceptors (Lipinski definition) is 20. The monoisotopic (exact) mass is 1600 g/mol. The van der Waals surface area contributed by atoms with Gasteiger partial charge in [0.1, 0.15) is 51.9 Å². The van der Waals surface area contributed by atoms with Crippen molar-refractivity contribution in [2.24, 2.45) is 5.92 Å². The van der Waals surface area contributed by atoms with Gasteiger partial charge >= 0.3 is 36.6 Å². The number of hydrogen-bond donors (Lipinski definition) is 10. The Labute approximate surface area is 674 Å². The average Bonchev–Trinajstić information content (AvgIpc) is 0.860. The van der Waals surface area contributed by atoms with Gasteiger partial charge in [-0.05, 0) is 208 Å². The molecule has 0 saturated heterocycles. The minimum absolute atomic E-state index is 0.0505. The number of nitrogens with one attached hydrogen (secondary N) is 5. The predicted octanol–water partition coefficient (Wildman–Crippen LogP) is 13.5. The van der Waals surface area contributed by atoms with Crippen molar-refractivity contribution in [2.75, 3.05) is 91.7 Å². The summed E-state index contributed by atoms with van der Waals surface area (Å²) in [6.45, 7) is 36.0. The molecule has 0 aromatic rings. The third-order valence-corrected chi connectivity index (χ3v) is 17.5. The lowest BCUT2D eigenvalue weighted by atomic mass is 9.98. The lowest BCUT2D eigenvalue weighted by Crippen LogP contribution is -2.51. The van der Waals surface area contributed by atoms with E-state index in [9.17, 15) is 63.6 Å². The second kappa shape index (κ2) is 57.8. The second-order valence-electron chi connectivity index (χ2n) is 35.9. The summed E-state index contributed by atoms with van der Waals surface area (Å²) in [6, 6.07) is 0. The Morgan fingerprint density at radius 1 is 0.295 bits per heavy atom. The normalized spacial score (nSPS) is 13.2. The van der Waals surface area contributed by atoms with Crippen LogP contribution in [0.1, 0.15) is 324 Å². The van der Waals surface area contributed by atoms with Crippen LogP contribution in [0, 0.1) is 5.92 Å². The molecule has 0 aliphatic rings. The smallest absolute Gasteiger partial charge is 0.410 e. The van der Waals surface area contributed by atoms with Crippen LogP contribution in [0.4, 0.5) is 28.8 Å². The van der Waals surface area contributed by atoms with Crippen molar-refractivity contribution in [1.82, 2.24) is 46.2 Å². The summed E-state index contributed by atoms with van der Waals surface area (Å²) >= 11 is 0. The fourth-order valence-corrected chi connectivity index (χ4v) is 11.9. The van der Waals surface area contributed by atoms with Gasteiger partial charge in [-0.3, -0.25) is 14.4 Å². The van der Waals surface area contributed by atoms with E-state index < -0.39 is 107 Å². The van der Waals surface area contributed by atoms with Crippen molar-refractivity contribution in [1.29, 1.82) is 0 Å². The Bertz CT molecular complexity index is 2490. The summed E-state index contributed by atoms with van der Waals surface area (Å²) in [7, 11) is 0. The Morgan fingerprint density at radius 2 is 0.554 bits per heavy atom. The molecule has 656 valence electrons. The van der Waals surface area contributed by atoms with Crippen LogP contribution in [0.3, 0.4) is 0 Å². The number of alkyl carbamates (subject to hydrolysis) is 2. The van der Waals surface area contributed by atoms with E-state index in [2.05, 4.69) is 26.6 Å². The molecule has 0 spiro atoms. The molecule has 0 aromatic carbocycles. The summed E-state index contributed by atoms with van der Waals surface area (Å²) in [5.74, 6) is -0.936. The van der Waals surface area contributed by atoms with Crippen molar-refractivity contribution in [3.63, 3.8) is 0 Å². The second-order valence-corrected chi connectivity index (χ2v) is 35.9. The van der Waals surface area contributed by atoms with Crippen LogP contribution >= 0.6 is 0 Å².